The number of thiophene rings is 1. The lowest BCUT2D eigenvalue weighted by molar-refractivity contribution is -0.145. The van der Waals surface area contributed by atoms with Crippen molar-refractivity contribution in [2.45, 2.75) is 32.1 Å². The topological polar surface area (TPSA) is 55.6 Å². The molecule has 2 rings (SSSR count). The molecule has 0 aliphatic carbocycles. The van der Waals surface area contributed by atoms with Crippen LogP contribution in [0.4, 0.5) is 0 Å². The first-order valence-corrected chi connectivity index (χ1v) is 6.74. The van der Waals surface area contributed by atoms with Crippen molar-refractivity contribution >= 4 is 29.7 Å². The Morgan fingerprint density at radius 3 is 2.89 bits per heavy atom. The molecule has 1 aromatic heterocycles. The maximum absolute atomic E-state index is 11.9. The fourth-order valence-corrected chi connectivity index (χ4v) is 2.76. The number of nitrogens with two attached hydrogens (primary N) is 1. The highest BCUT2D eigenvalue weighted by molar-refractivity contribution is 7.07. The maximum atomic E-state index is 11.9. The summed E-state index contributed by atoms with van der Waals surface area (Å²) in [5.41, 5.74) is 6.79. The number of hydrogen-bond donors (Lipinski definition) is 1. The first kappa shape index (κ1) is 15.4. The van der Waals surface area contributed by atoms with E-state index in [2.05, 4.69) is 5.38 Å². The fourth-order valence-electron chi connectivity index (χ4n) is 2.06. The molecule has 2 unspecified atom stereocenters. The molecule has 1 saturated heterocycles. The van der Waals surface area contributed by atoms with E-state index < -0.39 is 6.04 Å². The van der Waals surface area contributed by atoms with Gasteiger partial charge in [0.1, 0.15) is 6.10 Å². The van der Waals surface area contributed by atoms with Gasteiger partial charge in [0.05, 0.1) is 18.7 Å². The average molecular weight is 291 g/mol. The zero-order valence-corrected chi connectivity index (χ0v) is 12.2. The summed E-state index contributed by atoms with van der Waals surface area (Å²) in [6.45, 7) is 4.94. The Hall–Kier alpha value is -0.620. The molecule has 4 nitrogen and oxygen atoms in total. The second kappa shape index (κ2) is 6.52. The van der Waals surface area contributed by atoms with Gasteiger partial charge in [0.15, 0.2) is 0 Å². The van der Waals surface area contributed by atoms with Crippen molar-refractivity contribution in [1.29, 1.82) is 0 Å². The van der Waals surface area contributed by atoms with Gasteiger partial charge in [-0.15, -0.1) is 12.4 Å². The van der Waals surface area contributed by atoms with Gasteiger partial charge in [-0.2, -0.15) is 11.3 Å². The molecule has 0 bridgehead atoms. The number of carbonyl (C=O) groups excluding carboxylic acids is 1. The van der Waals surface area contributed by atoms with Gasteiger partial charge in [-0.05, 0) is 36.2 Å². The summed E-state index contributed by atoms with van der Waals surface area (Å²) in [7, 11) is 0. The molecule has 1 amide bonds. The summed E-state index contributed by atoms with van der Waals surface area (Å²) in [5.74, 6) is 0.000351. The number of ether oxygens (including phenoxy) is 1. The first-order valence-electron chi connectivity index (χ1n) is 5.80. The molecule has 2 N–H and O–H groups in total. The molecule has 0 saturated carbocycles. The van der Waals surface area contributed by atoms with Crippen LogP contribution in [-0.4, -0.2) is 36.0 Å². The third-order valence-corrected chi connectivity index (χ3v) is 3.58. The van der Waals surface area contributed by atoms with Gasteiger partial charge >= 0.3 is 0 Å². The van der Waals surface area contributed by atoms with Crippen molar-refractivity contribution in [1.82, 2.24) is 4.90 Å². The van der Waals surface area contributed by atoms with Crippen LogP contribution >= 0.6 is 23.7 Å². The monoisotopic (exact) mass is 290 g/mol. The summed E-state index contributed by atoms with van der Waals surface area (Å²) in [4.78, 5) is 13.7. The summed E-state index contributed by atoms with van der Waals surface area (Å²) in [5, 5.41) is 4.09. The molecule has 1 fully saturated rings. The van der Waals surface area contributed by atoms with Gasteiger partial charge in [0.25, 0.3) is 0 Å². The molecule has 0 aromatic carbocycles. The van der Waals surface area contributed by atoms with Crippen LogP contribution in [0.15, 0.2) is 16.8 Å². The highest BCUT2D eigenvalue weighted by Crippen LogP contribution is 2.26. The number of morpholine rings is 1. The molecule has 18 heavy (non-hydrogen) atoms. The Kier molecular flexibility index (Phi) is 5.59. The van der Waals surface area contributed by atoms with Crippen LogP contribution in [0.25, 0.3) is 0 Å². The minimum atomic E-state index is -0.441. The largest absolute Gasteiger partial charge is 0.367 e. The number of halogens is 1. The predicted molar refractivity (Wildman–Crippen MR) is 75.1 cm³/mol. The molecule has 1 aliphatic rings. The third kappa shape index (κ3) is 3.45. The molecular formula is C12H19ClN2O2S. The molecule has 1 aliphatic heterocycles. The van der Waals surface area contributed by atoms with Crippen molar-refractivity contribution in [3.8, 4) is 0 Å². The van der Waals surface area contributed by atoms with Gasteiger partial charge in [0.2, 0.25) is 5.91 Å². The lowest BCUT2D eigenvalue weighted by Gasteiger charge is -2.37. The van der Waals surface area contributed by atoms with Crippen LogP contribution in [0, 0.1) is 0 Å². The van der Waals surface area contributed by atoms with Crippen molar-refractivity contribution in [2.75, 3.05) is 13.1 Å². The van der Waals surface area contributed by atoms with E-state index in [0.717, 1.165) is 5.56 Å². The number of rotatable bonds is 2. The predicted octanol–water partition coefficient (Wildman–Crippen LogP) is 1.81. The van der Waals surface area contributed by atoms with Crippen LogP contribution < -0.4 is 5.73 Å². The Labute approximate surface area is 118 Å². The third-order valence-electron chi connectivity index (χ3n) is 2.88. The molecule has 3 atom stereocenters. The SMILES string of the molecule is CC1CN(C(=O)[C@H](C)N)CC(c2ccsc2)O1.Cl. The molecule has 102 valence electrons. The number of amides is 1. The lowest BCUT2D eigenvalue weighted by Crippen LogP contribution is -2.50. The highest BCUT2D eigenvalue weighted by Gasteiger charge is 2.30. The smallest absolute Gasteiger partial charge is 0.239 e. The van der Waals surface area contributed by atoms with Crippen molar-refractivity contribution in [3.63, 3.8) is 0 Å². The first-order chi connectivity index (χ1) is 8.08. The van der Waals surface area contributed by atoms with E-state index in [1.807, 2.05) is 18.4 Å². The molecule has 2 heterocycles. The van der Waals surface area contributed by atoms with Crippen LogP contribution in [0.1, 0.15) is 25.5 Å². The van der Waals surface area contributed by atoms with Gasteiger partial charge in [0, 0.05) is 6.54 Å². The van der Waals surface area contributed by atoms with E-state index in [4.69, 9.17) is 10.5 Å². The Morgan fingerprint density at radius 1 is 1.61 bits per heavy atom. The van der Waals surface area contributed by atoms with Crippen molar-refractivity contribution in [2.24, 2.45) is 5.73 Å². The Balaban J connectivity index is 0.00000162. The quantitative estimate of drug-likeness (QED) is 0.904. The summed E-state index contributed by atoms with van der Waals surface area (Å²) in [6, 6.07) is 1.60. The lowest BCUT2D eigenvalue weighted by atomic mass is 10.1. The average Bonchev–Trinajstić information content (AvgIpc) is 2.80. The Bertz CT molecular complexity index is 383. The summed E-state index contributed by atoms with van der Waals surface area (Å²) < 4.78 is 5.86. The summed E-state index contributed by atoms with van der Waals surface area (Å²) >= 11 is 1.64. The van der Waals surface area contributed by atoms with Gasteiger partial charge < -0.3 is 15.4 Å². The second-order valence-corrected chi connectivity index (χ2v) is 5.30. The number of carbonyl (C=O) groups is 1. The van der Waals surface area contributed by atoms with Crippen molar-refractivity contribution < 1.29 is 9.53 Å². The standard InChI is InChI=1S/C12H18N2O2S.ClH/c1-8-5-14(12(15)9(2)13)6-11(16-8)10-3-4-17-7-10;/h3-4,7-9,11H,5-6,13H2,1-2H3;1H/t8?,9-,11?;/m0./s1. The minimum absolute atomic E-state index is 0. The van der Waals surface area contributed by atoms with E-state index in [-0.39, 0.29) is 30.5 Å². The van der Waals surface area contributed by atoms with Gasteiger partial charge in [-0.3, -0.25) is 4.79 Å². The Morgan fingerprint density at radius 2 is 2.33 bits per heavy atom. The van der Waals surface area contributed by atoms with E-state index in [1.54, 1.807) is 23.2 Å². The fraction of sp³-hybridized carbons (Fsp3) is 0.583. The van der Waals surface area contributed by atoms with Crippen molar-refractivity contribution in [3.05, 3.63) is 22.4 Å². The van der Waals surface area contributed by atoms with E-state index >= 15 is 0 Å². The highest BCUT2D eigenvalue weighted by atomic mass is 35.5. The number of nitrogens with zero attached hydrogens (tertiary/aromatic N) is 1. The van der Waals surface area contributed by atoms with Crippen LogP contribution in [0.5, 0.6) is 0 Å². The van der Waals surface area contributed by atoms with E-state index in [9.17, 15) is 4.79 Å². The van der Waals surface area contributed by atoms with Crippen LogP contribution in [0.3, 0.4) is 0 Å². The van der Waals surface area contributed by atoms with Crippen LogP contribution in [0.2, 0.25) is 0 Å². The van der Waals surface area contributed by atoms with E-state index in [1.165, 1.54) is 0 Å². The van der Waals surface area contributed by atoms with Gasteiger partial charge in [-0.1, -0.05) is 0 Å². The van der Waals surface area contributed by atoms with E-state index in [0.29, 0.717) is 13.1 Å². The molecule has 6 heteroatoms. The molecule has 0 spiro atoms. The van der Waals surface area contributed by atoms with Gasteiger partial charge in [-0.25, -0.2) is 0 Å². The zero-order valence-electron chi connectivity index (χ0n) is 10.5. The molecule has 1 aromatic rings. The summed E-state index contributed by atoms with van der Waals surface area (Å²) in [6.07, 6.45) is 0.0315. The maximum Gasteiger partial charge on any atom is 0.239 e. The number of hydrogen-bond acceptors (Lipinski definition) is 4. The van der Waals surface area contributed by atoms with Crippen LogP contribution in [-0.2, 0) is 9.53 Å². The normalized spacial score (nSPS) is 25.4. The second-order valence-electron chi connectivity index (χ2n) is 4.52. The molecule has 0 radical (unpaired) electrons. The minimum Gasteiger partial charge on any atom is -0.367 e. The molecular weight excluding hydrogens is 272 g/mol. The zero-order chi connectivity index (χ0) is 12.4.